The van der Waals surface area contributed by atoms with Gasteiger partial charge in [0.2, 0.25) is 0 Å². The molecule has 0 unspecified atom stereocenters. The summed E-state index contributed by atoms with van der Waals surface area (Å²) in [5, 5.41) is 0. The monoisotopic (exact) mass is 220 g/mol. The summed E-state index contributed by atoms with van der Waals surface area (Å²) < 4.78 is 0. The van der Waals surface area contributed by atoms with Gasteiger partial charge in [0.05, 0.1) is 0 Å². The maximum Gasteiger partial charge on any atom is 0.00923 e. The fraction of sp³-hybridized carbons (Fsp3) is 0.750. The van der Waals surface area contributed by atoms with Crippen molar-refractivity contribution in [2.75, 3.05) is 0 Å². The molecule has 0 saturated carbocycles. The molecule has 0 heterocycles. The van der Waals surface area contributed by atoms with E-state index in [0.29, 0.717) is 0 Å². The second kappa shape index (κ2) is 12.4. The van der Waals surface area contributed by atoms with Gasteiger partial charge in [-0.1, -0.05) is 63.9 Å². The van der Waals surface area contributed by atoms with Crippen molar-refractivity contribution in [1.82, 2.24) is 0 Å². The van der Waals surface area contributed by atoms with Crippen molar-refractivity contribution in [1.29, 1.82) is 0 Å². The van der Waals surface area contributed by atoms with Crippen LogP contribution in [0.5, 0.6) is 0 Å². The van der Waals surface area contributed by atoms with Gasteiger partial charge < -0.3 is 0 Å². The molecule has 0 atom stereocenters. The molecule has 0 aromatic carbocycles. The highest BCUT2D eigenvalue weighted by Gasteiger charge is 1.86. The summed E-state index contributed by atoms with van der Waals surface area (Å²) in [5.41, 5.74) is 1.26. The Bertz CT molecular complexity index is 224. The molecule has 0 rings (SSSR count). The van der Waals surface area contributed by atoms with Crippen LogP contribution in [-0.2, 0) is 0 Å². The second-order valence-electron chi connectivity index (χ2n) is 4.50. The van der Waals surface area contributed by atoms with Crippen LogP contribution in [0.2, 0.25) is 0 Å². The second-order valence-corrected chi connectivity index (χ2v) is 4.50. The molecule has 16 heavy (non-hydrogen) atoms. The Morgan fingerprint density at radius 1 is 0.938 bits per heavy atom. The zero-order chi connectivity index (χ0) is 12.1. The molecule has 0 bridgehead atoms. The molecule has 0 N–H and O–H groups in total. The van der Waals surface area contributed by atoms with Gasteiger partial charge in [-0.25, -0.2) is 0 Å². The van der Waals surface area contributed by atoms with Crippen molar-refractivity contribution in [2.45, 2.75) is 78.6 Å². The summed E-state index contributed by atoms with van der Waals surface area (Å²) in [4.78, 5) is 0. The van der Waals surface area contributed by atoms with Crippen molar-refractivity contribution in [3.8, 4) is 11.8 Å². The molecule has 0 amide bonds. The summed E-state index contributed by atoms with van der Waals surface area (Å²) in [7, 11) is 0. The van der Waals surface area contributed by atoms with Crippen molar-refractivity contribution in [2.24, 2.45) is 0 Å². The molecule has 0 radical (unpaired) electrons. The minimum atomic E-state index is 1.07. The highest BCUT2D eigenvalue weighted by atomic mass is 13.9. The molecule has 92 valence electrons. The largest absolute Gasteiger partial charge is 0.0983 e. The van der Waals surface area contributed by atoms with Gasteiger partial charge in [-0.15, -0.1) is 0 Å². The van der Waals surface area contributed by atoms with Gasteiger partial charge in [0.25, 0.3) is 0 Å². The van der Waals surface area contributed by atoms with Gasteiger partial charge in [0, 0.05) is 6.42 Å². The van der Waals surface area contributed by atoms with Gasteiger partial charge >= 0.3 is 0 Å². The number of allylic oxidation sites excluding steroid dienone is 2. The first-order valence-electron chi connectivity index (χ1n) is 6.96. The van der Waals surface area contributed by atoms with Crippen LogP contribution >= 0.6 is 0 Å². The van der Waals surface area contributed by atoms with Crippen molar-refractivity contribution in [3.63, 3.8) is 0 Å². The summed E-state index contributed by atoms with van der Waals surface area (Å²) in [6.07, 6.45) is 13.8. The Morgan fingerprint density at radius 3 is 2.31 bits per heavy atom. The molecule has 0 aliphatic rings. The van der Waals surface area contributed by atoms with Crippen LogP contribution in [-0.4, -0.2) is 0 Å². The number of hydrogen-bond acceptors (Lipinski definition) is 0. The normalized spacial score (nSPS) is 11.1. The van der Waals surface area contributed by atoms with E-state index in [1.54, 1.807) is 0 Å². The van der Waals surface area contributed by atoms with E-state index in [-0.39, 0.29) is 0 Å². The van der Waals surface area contributed by atoms with Gasteiger partial charge in [0.1, 0.15) is 0 Å². The summed E-state index contributed by atoms with van der Waals surface area (Å²) in [6, 6.07) is 0. The third-order valence-electron chi connectivity index (χ3n) is 2.70. The first kappa shape index (κ1) is 15.3. The number of hydrogen-bond donors (Lipinski definition) is 0. The molecular weight excluding hydrogens is 192 g/mol. The van der Waals surface area contributed by atoms with Crippen LogP contribution in [0.15, 0.2) is 11.6 Å². The predicted molar refractivity (Wildman–Crippen MR) is 74.4 cm³/mol. The molecule has 0 aromatic rings. The maximum absolute atomic E-state index is 3.27. The SMILES string of the molecule is CCCCC/C=C(\C)C#CCCCCCC. The molecule has 0 fully saturated rings. The molecular formula is C16H28. The summed E-state index contributed by atoms with van der Waals surface area (Å²) >= 11 is 0. The average Bonchev–Trinajstić information content (AvgIpc) is 2.29. The van der Waals surface area contributed by atoms with Gasteiger partial charge in [0.15, 0.2) is 0 Å². The van der Waals surface area contributed by atoms with Gasteiger partial charge in [-0.2, -0.15) is 0 Å². The number of unbranched alkanes of at least 4 members (excludes halogenated alkanes) is 7. The Labute approximate surface area is 103 Å². The fourth-order valence-electron chi connectivity index (χ4n) is 1.61. The lowest BCUT2D eigenvalue weighted by molar-refractivity contribution is 0.679. The highest BCUT2D eigenvalue weighted by Crippen LogP contribution is 2.04. The predicted octanol–water partition coefficient (Wildman–Crippen LogP) is 5.49. The van der Waals surface area contributed by atoms with E-state index < -0.39 is 0 Å². The Hall–Kier alpha value is -0.700. The lowest BCUT2D eigenvalue weighted by atomic mass is 10.1. The van der Waals surface area contributed by atoms with Crippen LogP contribution in [0, 0.1) is 11.8 Å². The van der Waals surface area contributed by atoms with Crippen molar-refractivity contribution < 1.29 is 0 Å². The van der Waals surface area contributed by atoms with Crippen LogP contribution in [0.25, 0.3) is 0 Å². The Balaban J connectivity index is 3.52. The van der Waals surface area contributed by atoms with Crippen molar-refractivity contribution in [3.05, 3.63) is 11.6 Å². The van der Waals surface area contributed by atoms with E-state index >= 15 is 0 Å². The standard InChI is InChI=1S/C16H28/c1-4-6-8-10-11-13-15-16(3)14-12-9-7-5-2/h14H,4-12H2,1-3H3/b16-14+. The van der Waals surface area contributed by atoms with Crippen LogP contribution < -0.4 is 0 Å². The Morgan fingerprint density at radius 2 is 1.62 bits per heavy atom. The van der Waals surface area contributed by atoms with E-state index in [1.807, 2.05) is 0 Å². The molecule has 0 aliphatic heterocycles. The van der Waals surface area contributed by atoms with Crippen molar-refractivity contribution >= 4 is 0 Å². The number of rotatable bonds is 8. The first-order chi connectivity index (χ1) is 7.81. The summed E-state index contributed by atoms with van der Waals surface area (Å²) in [6.45, 7) is 6.62. The lowest BCUT2D eigenvalue weighted by Crippen LogP contribution is -1.76. The van der Waals surface area contributed by atoms with E-state index in [9.17, 15) is 0 Å². The van der Waals surface area contributed by atoms with E-state index in [2.05, 4.69) is 38.7 Å². The molecule has 0 saturated heterocycles. The minimum absolute atomic E-state index is 1.07. The van der Waals surface area contributed by atoms with Crippen LogP contribution in [0.1, 0.15) is 78.6 Å². The molecule has 0 nitrogen and oxygen atoms in total. The first-order valence-corrected chi connectivity index (χ1v) is 6.96. The zero-order valence-corrected chi connectivity index (χ0v) is 11.4. The van der Waals surface area contributed by atoms with E-state index in [4.69, 9.17) is 0 Å². The topological polar surface area (TPSA) is 0 Å². The zero-order valence-electron chi connectivity index (χ0n) is 11.4. The average molecular weight is 220 g/mol. The molecule has 0 aliphatic carbocycles. The third kappa shape index (κ3) is 11.4. The maximum atomic E-state index is 3.27. The minimum Gasteiger partial charge on any atom is -0.0983 e. The van der Waals surface area contributed by atoms with E-state index in [0.717, 1.165) is 6.42 Å². The fourth-order valence-corrected chi connectivity index (χ4v) is 1.61. The lowest BCUT2D eigenvalue weighted by Gasteiger charge is -1.93. The molecule has 0 heteroatoms. The molecule has 0 aromatic heterocycles. The smallest absolute Gasteiger partial charge is 0.00923 e. The van der Waals surface area contributed by atoms with Gasteiger partial charge in [-0.3, -0.25) is 0 Å². The summed E-state index contributed by atoms with van der Waals surface area (Å²) in [5.74, 6) is 6.51. The highest BCUT2D eigenvalue weighted by molar-refractivity contribution is 5.26. The third-order valence-corrected chi connectivity index (χ3v) is 2.70. The Kier molecular flexibility index (Phi) is 11.8. The quantitative estimate of drug-likeness (QED) is 0.375. The van der Waals surface area contributed by atoms with E-state index in [1.165, 1.54) is 56.9 Å². The van der Waals surface area contributed by atoms with Crippen LogP contribution in [0.3, 0.4) is 0 Å². The molecule has 0 spiro atoms. The van der Waals surface area contributed by atoms with Crippen LogP contribution in [0.4, 0.5) is 0 Å². The van der Waals surface area contributed by atoms with Gasteiger partial charge in [-0.05, 0) is 31.8 Å².